The zero-order valence-corrected chi connectivity index (χ0v) is 20.8. The number of carbonyl (C=O) groups excluding carboxylic acids is 1. The van der Waals surface area contributed by atoms with Gasteiger partial charge in [0.2, 0.25) is 5.91 Å². The van der Waals surface area contributed by atoms with Crippen LogP contribution in [0, 0.1) is 0 Å². The quantitative estimate of drug-likeness (QED) is 0.491. The lowest BCUT2D eigenvalue weighted by molar-refractivity contribution is -0.137. The fourth-order valence-corrected chi connectivity index (χ4v) is 4.87. The zero-order valence-electron chi connectivity index (χ0n) is 20.8. The summed E-state index contributed by atoms with van der Waals surface area (Å²) in [6, 6.07) is 9.98. The van der Waals surface area contributed by atoms with Gasteiger partial charge in [-0.3, -0.25) is 4.79 Å². The number of fused-ring (bicyclic) bond motifs is 1. The predicted octanol–water partition coefficient (Wildman–Crippen LogP) is 4.88. The van der Waals surface area contributed by atoms with Gasteiger partial charge >= 0.3 is 6.18 Å². The molecule has 3 heterocycles. The van der Waals surface area contributed by atoms with Gasteiger partial charge in [0.1, 0.15) is 17.5 Å². The van der Waals surface area contributed by atoms with E-state index in [2.05, 4.69) is 10.3 Å². The number of alkyl halides is 3. The third-order valence-corrected chi connectivity index (χ3v) is 7.19. The fraction of sp³-hybridized carbons (Fsp3) is 0.407. The zero-order chi connectivity index (χ0) is 26.4. The molecule has 2 aromatic heterocycles. The van der Waals surface area contributed by atoms with Crippen molar-refractivity contribution in [2.75, 3.05) is 23.3 Å². The highest BCUT2D eigenvalue weighted by atomic mass is 19.4. The number of nitrogens with zero attached hydrogens (tertiary/aromatic N) is 4. The first kappa shape index (κ1) is 25.0. The Hall–Kier alpha value is -3.69. The predicted molar refractivity (Wildman–Crippen MR) is 135 cm³/mol. The van der Waals surface area contributed by atoms with E-state index in [4.69, 9.17) is 15.7 Å². The van der Waals surface area contributed by atoms with Crippen molar-refractivity contribution < 1.29 is 18.0 Å². The molecule has 0 unspecified atom stereocenters. The normalized spacial score (nSPS) is 16.8. The highest BCUT2D eigenvalue weighted by Gasteiger charge is 2.49. The first-order valence-corrected chi connectivity index (χ1v) is 12.4. The Morgan fingerprint density at radius 2 is 1.78 bits per heavy atom. The summed E-state index contributed by atoms with van der Waals surface area (Å²) in [4.78, 5) is 27.2. The number of amides is 1. The minimum absolute atomic E-state index is 0.0617. The molecule has 37 heavy (non-hydrogen) atoms. The van der Waals surface area contributed by atoms with Gasteiger partial charge in [-0.15, -0.1) is 0 Å². The third-order valence-electron chi connectivity index (χ3n) is 7.19. The van der Waals surface area contributed by atoms with Crippen LogP contribution in [0.1, 0.15) is 60.8 Å². The molecule has 1 aliphatic heterocycles. The number of hydrogen-bond acceptors (Lipinski definition) is 6. The molecule has 1 fully saturated rings. The molecule has 7 nitrogen and oxygen atoms in total. The SMILES string of the molecule is CC(C)c1nc2c(c(Nc3ccc(C4(C(N)=O)CC4)cc3)n1)CCN(c1ncccc1C(F)(F)F)CC2. The van der Waals surface area contributed by atoms with Crippen molar-refractivity contribution in [2.45, 2.75) is 57.0 Å². The molecule has 5 rings (SSSR count). The summed E-state index contributed by atoms with van der Waals surface area (Å²) in [5.74, 6) is 1.03. The van der Waals surface area contributed by atoms with Crippen LogP contribution in [0.3, 0.4) is 0 Å². The Labute approximate surface area is 213 Å². The van der Waals surface area contributed by atoms with E-state index in [1.165, 1.54) is 12.3 Å². The number of nitrogens with two attached hydrogens (primary N) is 1. The van der Waals surface area contributed by atoms with E-state index >= 15 is 0 Å². The van der Waals surface area contributed by atoms with Gasteiger partial charge in [0.05, 0.1) is 16.7 Å². The Morgan fingerprint density at radius 3 is 2.41 bits per heavy atom. The van der Waals surface area contributed by atoms with Gasteiger partial charge in [0.25, 0.3) is 0 Å². The van der Waals surface area contributed by atoms with Crippen LogP contribution in [-0.4, -0.2) is 33.9 Å². The van der Waals surface area contributed by atoms with Crippen LogP contribution in [0.15, 0.2) is 42.6 Å². The lowest BCUT2D eigenvalue weighted by Crippen LogP contribution is -2.29. The van der Waals surface area contributed by atoms with Gasteiger partial charge in [0, 0.05) is 42.9 Å². The van der Waals surface area contributed by atoms with Crippen LogP contribution in [0.4, 0.5) is 30.5 Å². The van der Waals surface area contributed by atoms with Crippen LogP contribution < -0.4 is 16.0 Å². The van der Waals surface area contributed by atoms with Gasteiger partial charge in [0.15, 0.2) is 0 Å². The van der Waals surface area contributed by atoms with Gasteiger partial charge in [-0.2, -0.15) is 13.2 Å². The molecule has 3 N–H and O–H groups in total. The second-order valence-corrected chi connectivity index (χ2v) is 10.0. The van der Waals surface area contributed by atoms with Crippen molar-refractivity contribution in [3.8, 4) is 0 Å². The lowest BCUT2D eigenvalue weighted by atomic mass is 9.95. The van der Waals surface area contributed by atoms with Crippen LogP contribution in [0.5, 0.6) is 0 Å². The maximum atomic E-state index is 13.6. The summed E-state index contributed by atoms with van der Waals surface area (Å²) >= 11 is 0. The number of aromatic nitrogens is 3. The maximum absolute atomic E-state index is 13.6. The van der Waals surface area contributed by atoms with E-state index in [1.807, 2.05) is 38.1 Å². The Bertz CT molecular complexity index is 1320. The molecule has 2 aliphatic rings. The maximum Gasteiger partial charge on any atom is 0.419 e. The van der Waals surface area contributed by atoms with Gasteiger partial charge in [-0.25, -0.2) is 15.0 Å². The van der Waals surface area contributed by atoms with E-state index in [0.29, 0.717) is 37.6 Å². The van der Waals surface area contributed by atoms with E-state index in [9.17, 15) is 18.0 Å². The Morgan fingerprint density at radius 1 is 1.08 bits per heavy atom. The largest absolute Gasteiger partial charge is 0.419 e. The van der Waals surface area contributed by atoms with Crippen LogP contribution in [-0.2, 0) is 29.2 Å². The van der Waals surface area contributed by atoms with E-state index in [0.717, 1.165) is 41.4 Å². The van der Waals surface area contributed by atoms with Crippen molar-refractivity contribution >= 4 is 23.2 Å². The smallest absolute Gasteiger partial charge is 0.369 e. The summed E-state index contributed by atoms with van der Waals surface area (Å²) < 4.78 is 40.9. The Balaban J connectivity index is 1.44. The number of carbonyl (C=O) groups is 1. The van der Waals surface area contributed by atoms with Crippen molar-refractivity contribution in [3.63, 3.8) is 0 Å². The second-order valence-electron chi connectivity index (χ2n) is 10.0. The second kappa shape index (κ2) is 9.32. The highest BCUT2D eigenvalue weighted by molar-refractivity contribution is 5.90. The average Bonchev–Trinajstić information content (AvgIpc) is 3.69. The summed E-state index contributed by atoms with van der Waals surface area (Å²) in [5.41, 5.74) is 7.73. The number of pyridine rings is 1. The van der Waals surface area contributed by atoms with E-state index in [1.54, 1.807) is 4.90 Å². The molecule has 1 saturated carbocycles. The number of anilines is 3. The fourth-order valence-electron chi connectivity index (χ4n) is 4.87. The number of nitrogens with one attached hydrogen (secondary N) is 1. The number of primary amides is 1. The minimum Gasteiger partial charge on any atom is -0.369 e. The summed E-state index contributed by atoms with van der Waals surface area (Å²) in [6.07, 6.45) is -0.642. The molecular weight excluding hydrogens is 481 g/mol. The molecular formula is C27H29F3N6O. The molecule has 0 atom stereocenters. The molecule has 0 bridgehead atoms. The van der Waals surface area contributed by atoms with Crippen LogP contribution in [0.2, 0.25) is 0 Å². The summed E-state index contributed by atoms with van der Waals surface area (Å²) in [5, 5.41) is 3.39. The van der Waals surface area contributed by atoms with Gasteiger partial charge < -0.3 is 16.0 Å². The van der Waals surface area contributed by atoms with Crippen molar-refractivity contribution in [3.05, 3.63) is 70.8 Å². The molecule has 0 radical (unpaired) electrons. The van der Waals surface area contributed by atoms with Crippen LogP contribution in [0.25, 0.3) is 0 Å². The third kappa shape index (κ3) is 4.84. The lowest BCUT2D eigenvalue weighted by Gasteiger charge is -2.24. The first-order valence-electron chi connectivity index (χ1n) is 12.4. The molecule has 1 aromatic carbocycles. The van der Waals surface area contributed by atoms with E-state index in [-0.39, 0.29) is 17.6 Å². The summed E-state index contributed by atoms with van der Waals surface area (Å²) in [6.45, 7) is 4.73. The number of hydrogen-bond donors (Lipinski definition) is 2. The standard InChI is InChI=1S/C27H29F3N6O/c1-16(2)22-34-21-10-15-36(24-20(27(28,29)30)4-3-13-32-24)14-9-19(21)23(35-22)33-18-7-5-17(6-8-18)26(11-12-26)25(31)37/h3-8,13,16H,9-12,14-15H2,1-2H3,(H2,31,37)(H,33,34,35). The molecule has 1 aliphatic carbocycles. The summed E-state index contributed by atoms with van der Waals surface area (Å²) in [7, 11) is 0. The molecule has 1 amide bonds. The number of halogens is 3. The first-order chi connectivity index (χ1) is 17.6. The van der Waals surface area contributed by atoms with Gasteiger partial charge in [-0.1, -0.05) is 26.0 Å². The van der Waals surface area contributed by atoms with Gasteiger partial charge in [-0.05, 0) is 49.1 Å². The number of benzene rings is 1. The highest BCUT2D eigenvalue weighted by Crippen LogP contribution is 2.48. The van der Waals surface area contributed by atoms with Crippen molar-refractivity contribution in [1.82, 2.24) is 15.0 Å². The topological polar surface area (TPSA) is 97.0 Å². The molecule has 3 aromatic rings. The minimum atomic E-state index is -4.49. The van der Waals surface area contributed by atoms with E-state index < -0.39 is 17.2 Å². The molecule has 194 valence electrons. The molecule has 0 saturated heterocycles. The van der Waals surface area contributed by atoms with Crippen LogP contribution >= 0.6 is 0 Å². The van der Waals surface area contributed by atoms with Crippen molar-refractivity contribution in [1.29, 1.82) is 0 Å². The number of rotatable bonds is 6. The average molecular weight is 511 g/mol. The Kier molecular flexibility index (Phi) is 6.29. The molecule has 10 heteroatoms. The molecule has 0 spiro atoms. The van der Waals surface area contributed by atoms with Crippen molar-refractivity contribution in [2.24, 2.45) is 5.73 Å². The monoisotopic (exact) mass is 510 g/mol.